The van der Waals surface area contributed by atoms with Crippen molar-refractivity contribution in [2.75, 3.05) is 13.7 Å². The number of aromatic nitrogens is 2. The Hall–Kier alpha value is -4.82. The number of aliphatic hydroxyl groups is 2. The summed E-state index contributed by atoms with van der Waals surface area (Å²) in [6.07, 6.45) is -2.49. The lowest BCUT2D eigenvalue weighted by Crippen LogP contribution is -2.10. The Kier molecular flexibility index (Phi) is 7.31. The summed E-state index contributed by atoms with van der Waals surface area (Å²) < 4.78 is 49.2. The largest absolute Gasteiger partial charge is 0.447 e. The number of aliphatic hydroxyl groups excluding tert-OH is 1. The second-order valence-electron chi connectivity index (χ2n) is 9.83. The van der Waals surface area contributed by atoms with Crippen LogP contribution in [0.3, 0.4) is 0 Å². The third kappa shape index (κ3) is 5.05. The van der Waals surface area contributed by atoms with Crippen molar-refractivity contribution in [1.29, 1.82) is 5.26 Å². The van der Waals surface area contributed by atoms with Crippen LogP contribution < -0.4 is 9.47 Å². The van der Waals surface area contributed by atoms with Crippen molar-refractivity contribution in [3.05, 3.63) is 113 Å². The highest BCUT2D eigenvalue weighted by Gasteiger charge is 2.31. The van der Waals surface area contributed by atoms with Crippen molar-refractivity contribution in [3.63, 3.8) is 0 Å². The molecule has 5 aromatic rings. The fraction of sp³-hybridized carbons (Fsp3) is 0.188. The summed E-state index contributed by atoms with van der Waals surface area (Å²) in [6.45, 7) is 0.835. The fourth-order valence-corrected chi connectivity index (χ4v) is 5.06. The second kappa shape index (κ2) is 11.2. The number of fused-ring (bicyclic) bond motifs is 2. The van der Waals surface area contributed by atoms with Crippen LogP contribution >= 0.6 is 0 Å². The molecule has 0 saturated heterocycles. The molecule has 1 unspecified atom stereocenters. The van der Waals surface area contributed by atoms with Crippen LogP contribution in [0.5, 0.6) is 11.5 Å². The molecule has 2 heterocycles. The number of hydrogen-bond donors (Lipinski definition) is 2. The lowest BCUT2D eigenvalue weighted by Gasteiger charge is -2.13. The van der Waals surface area contributed by atoms with Crippen molar-refractivity contribution in [3.8, 4) is 28.7 Å². The Morgan fingerprint density at radius 3 is 2.62 bits per heavy atom. The summed E-state index contributed by atoms with van der Waals surface area (Å²) >= 11 is 0. The maximum atomic E-state index is 15.6. The van der Waals surface area contributed by atoms with Crippen molar-refractivity contribution >= 4 is 11.0 Å². The molecule has 0 fully saturated rings. The minimum absolute atomic E-state index is 0.148. The molecule has 0 aliphatic carbocycles. The van der Waals surface area contributed by atoms with E-state index >= 15 is 4.39 Å². The zero-order valence-corrected chi connectivity index (χ0v) is 22.4. The standard InChI is InChI=1S/C32H25F2N3O5/c1-40-12-11-37-27-15-21(31(38)39)8-10-26(27)36-29(37)16-20-7-6-19(14-24(20)33)22-3-2-4-28-30(22)42-32(41-28)23-9-5-18(17-35)13-25(23)34/h2-10,13-15,31-32,38-39H,11-12,16H2,1H3. The Balaban J connectivity index is 1.29. The van der Waals surface area contributed by atoms with E-state index in [1.165, 1.54) is 18.2 Å². The third-order valence-electron chi connectivity index (χ3n) is 7.20. The molecule has 8 nitrogen and oxygen atoms in total. The van der Waals surface area contributed by atoms with Gasteiger partial charge in [0.15, 0.2) is 17.8 Å². The van der Waals surface area contributed by atoms with Crippen LogP contribution in [0.2, 0.25) is 0 Å². The van der Waals surface area contributed by atoms with Crippen LogP contribution in [-0.2, 0) is 17.7 Å². The van der Waals surface area contributed by atoms with Crippen LogP contribution in [-0.4, -0.2) is 33.5 Å². The van der Waals surface area contributed by atoms with E-state index in [0.717, 1.165) is 6.07 Å². The average molecular weight is 570 g/mol. The molecule has 1 aromatic heterocycles. The van der Waals surface area contributed by atoms with Gasteiger partial charge in [-0.2, -0.15) is 5.26 Å². The molecule has 1 aliphatic rings. The van der Waals surface area contributed by atoms with E-state index < -0.39 is 24.2 Å². The van der Waals surface area contributed by atoms with Gasteiger partial charge in [-0.05, 0) is 53.6 Å². The van der Waals surface area contributed by atoms with Gasteiger partial charge in [0.05, 0.1) is 34.8 Å². The summed E-state index contributed by atoms with van der Waals surface area (Å²) in [5, 5.41) is 28.3. The Morgan fingerprint density at radius 2 is 1.88 bits per heavy atom. The summed E-state index contributed by atoms with van der Waals surface area (Å²) in [6, 6.07) is 21.0. The molecule has 42 heavy (non-hydrogen) atoms. The van der Waals surface area contributed by atoms with Crippen molar-refractivity contribution < 1.29 is 33.2 Å². The van der Waals surface area contributed by atoms with Gasteiger partial charge in [-0.3, -0.25) is 0 Å². The van der Waals surface area contributed by atoms with Gasteiger partial charge in [-0.1, -0.05) is 30.3 Å². The van der Waals surface area contributed by atoms with Gasteiger partial charge < -0.3 is 29.0 Å². The number of para-hydroxylation sites is 1. The van der Waals surface area contributed by atoms with E-state index in [9.17, 15) is 14.6 Å². The van der Waals surface area contributed by atoms with Crippen LogP contribution in [0.15, 0.2) is 72.8 Å². The number of benzene rings is 4. The summed E-state index contributed by atoms with van der Waals surface area (Å²) in [7, 11) is 1.58. The number of methoxy groups -OCH3 is 1. The highest BCUT2D eigenvalue weighted by atomic mass is 19.1. The molecule has 0 bridgehead atoms. The van der Waals surface area contributed by atoms with E-state index in [0.29, 0.717) is 63.8 Å². The molecule has 0 amide bonds. The fourth-order valence-electron chi connectivity index (χ4n) is 5.06. The zero-order valence-electron chi connectivity index (χ0n) is 22.4. The molecule has 212 valence electrons. The first kappa shape index (κ1) is 27.4. The second-order valence-corrected chi connectivity index (χ2v) is 9.83. The Labute approximate surface area is 239 Å². The molecule has 0 radical (unpaired) electrons. The predicted octanol–water partition coefficient (Wildman–Crippen LogP) is 5.54. The van der Waals surface area contributed by atoms with Crippen LogP contribution in [0.25, 0.3) is 22.2 Å². The van der Waals surface area contributed by atoms with Gasteiger partial charge in [0.25, 0.3) is 6.29 Å². The minimum atomic E-state index is -1.62. The summed E-state index contributed by atoms with van der Waals surface area (Å²) in [5.41, 5.74) is 3.54. The number of hydrogen-bond acceptors (Lipinski definition) is 7. The highest BCUT2D eigenvalue weighted by molar-refractivity contribution is 5.77. The van der Waals surface area contributed by atoms with Crippen molar-refractivity contribution in [2.45, 2.75) is 25.5 Å². The van der Waals surface area contributed by atoms with Crippen molar-refractivity contribution in [2.24, 2.45) is 0 Å². The molecule has 2 N–H and O–H groups in total. The highest BCUT2D eigenvalue weighted by Crippen LogP contribution is 2.47. The average Bonchev–Trinajstić information content (AvgIpc) is 3.57. The van der Waals surface area contributed by atoms with Gasteiger partial charge in [-0.25, -0.2) is 13.8 Å². The molecule has 0 spiro atoms. The quantitative estimate of drug-likeness (QED) is 0.236. The topological polar surface area (TPSA) is 110 Å². The first-order chi connectivity index (χ1) is 20.4. The smallest absolute Gasteiger partial charge is 0.270 e. The van der Waals surface area contributed by atoms with E-state index in [4.69, 9.17) is 19.5 Å². The monoisotopic (exact) mass is 569 g/mol. The zero-order chi connectivity index (χ0) is 29.4. The Bertz CT molecular complexity index is 1850. The predicted molar refractivity (Wildman–Crippen MR) is 149 cm³/mol. The molecular weight excluding hydrogens is 544 g/mol. The first-order valence-corrected chi connectivity index (χ1v) is 13.1. The minimum Gasteiger partial charge on any atom is -0.447 e. The van der Waals surface area contributed by atoms with Crippen LogP contribution in [0.1, 0.15) is 40.7 Å². The molecule has 1 aliphatic heterocycles. The maximum Gasteiger partial charge on any atom is 0.270 e. The van der Waals surface area contributed by atoms with Gasteiger partial charge in [0, 0.05) is 31.2 Å². The summed E-state index contributed by atoms with van der Waals surface area (Å²) in [5.74, 6) is 0.286. The Morgan fingerprint density at radius 1 is 1.02 bits per heavy atom. The number of nitriles is 1. The number of ether oxygens (including phenoxy) is 3. The molecular formula is C32H25F2N3O5. The van der Waals surface area contributed by atoms with Crippen LogP contribution in [0, 0.1) is 23.0 Å². The first-order valence-electron chi connectivity index (χ1n) is 13.1. The van der Waals surface area contributed by atoms with E-state index in [1.54, 1.807) is 55.6 Å². The SMILES string of the molecule is COCCn1c(Cc2ccc(-c3cccc4c3OC(c3ccc(C#N)cc3F)O4)cc2F)nc2ccc(C(O)O)cc21. The maximum absolute atomic E-state index is 15.6. The molecule has 10 heteroatoms. The van der Waals surface area contributed by atoms with Gasteiger partial charge in [0.2, 0.25) is 0 Å². The molecule has 4 aromatic carbocycles. The molecule has 0 saturated carbocycles. The van der Waals surface area contributed by atoms with E-state index in [2.05, 4.69) is 4.98 Å². The van der Waals surface area contributed by atoms with Gasteiger partial charge in [-0.15, -0.1) is 0 Å². The van der Waals surface area contributed by atoms with E-state index in [1.807, 2.05) is 10.6 Å². The lowest BCUT2D eigenvalue weighted by molar-refractivity contribution is -0.0424. The number of imidazole rings is 1. The van der Waals surface area contributed by atoms with Crippen LogP contribution in [0.4, 0.5) is 8.78 Å². The number of halogens is 2. The van der Waals surface area contributed by atoms with Crippen molar-refractivity contribution in [1.82, 2.24) is 9.55 Å². The van der Waals surface area contributed by atoms with Gasteiger partial charge >= 0.3 is 0 Å². The third-order valence-corrected chi connectivity index (χ3v) is 7.20. The molecule has 1 atom stereocenters. The lowest BCUT2D eigenvalue weighted by atomic mass is 10.0. The normalized spacial score (nSPS) is 14.1. The number of rotatable bonds is 8. The summed E-state index contributed by atoms with van der Waals surface area (Å²) in [4.78, 5) is 4.68. The molecule has 6 rings (SSSR count). The number of nitrogens with zero attached hydrogens (tertiary/aromatic N) is 3. The van der Waals surface area contributed by atoms with Gasteiger partial charge in [0.1, 0.15) is 17.5 Å². The van der Waals surface area contributed by atoms with E-state index in [-0.39, 0.29) is 17.5 Å².